The predicted molar refractivity (Wildman–Crippen MR) is 83.9 cm³/mol. The lowest BCUT2D eigenvalue weighted by Crippen LogP contribution is -2.41. The summed E-state index contributed by atoms with van der Waals surface area (Å²) in [5.41, 5.74) is 3.43. The number of aryl methyl sites for hydroxylation is 2. The summed E-state index contributed by atoms with van der Waals surface area (Å²) in [4.78, 5) is 29.9. The highest BCUT2D eigenvalue weighted by Crippen LogP contribution is 2.28. The Labute approximate surface area is 134 Å². The number of aliphatic carboxylic acids is 1. The van der Waals surface area contributed by atoms with Gasteiger partial charge in [-0.05, 0) is 12.5 Å². The van der Waals surface area contributed by atoms with E-state index in [1.807, 2.05) is 31.2 Å². The van der Waals surface area contributed by atoms with Crippen molar-refractivity contribution in [2.75, 3.05) is 6.54 Å². The summed E-state index contributed by atoms with van der Waals surface area (Å²) in [6.07, 6.45) is 1.88. The first-order chi connectivity index (χ1) is 11.0. The van der Waals surface area contributed by atoms with Gasteiger partial charge in [0, 0.05) is 13.6 Å². The van der Waals surface area contributed by atoms with E-state index in [0.29, 0.717) is 17.9 Å². The summed E-state index contributed by atoms with van der Waals surface area (Å²) in [5, 5.41) is 9.47. The maximum absolute atomic E-state index is 12.5. The van der Waals surface area contributed by atoms with E-state index in [1.54, 1.807) is 22.8 Å². The van der Waals surface area contributed by atoms with Crippen LogP contribution in [0.4, 0.5) is 0 Å². The molecule has 6 heteroatoms. The molecule has 1 atom stereocenters. The van der Waals surface area contributed by atoms with Gasteiger partial charge in [-0.1, -0.05) is 29.8 Å². The standard InChI is InChI=1S/C17H19N3O3/c1-11-3-5-12(6-4-11)7-15(21)20-8-13(17(22)23)16-14(9-20)18-10-19(16)2/h3-6,10,13H,7-9H2,1-2H3,(H,22,23)/t13-/m0/s1. The van der Waals surface area contributed by atoms with E-state index in [4.69, 9.17) is 0 Å². The van der Waals surface area contributed by atoms with Gasteiger partial charge in [0.25, 0.3) is 0 Å². The third kappa shape index (κ3) is 2.97. The minimum atomic E-state index is -0.928. The highest BCUT2D eigenvalue weighted by atomic mass is 16.4. The molecule has 0 bridgehead atoms. The van der Waals surface area contributed by atoms with Gasteiger partial charge in [0.2, 0.25) is 5.91 Å². The molecule has 0 radical (unpaired) electrons. The van der Waals surface area contributed by atoms with E-state index in [1.165, 1.54) is 0 Å². The number of carboxylic acid groups (broad SMARTS) is 1. The van der Waals surface area contributed by atoms with E-state index in [0.717, 1.165) is 11.1 Å². The van der Waals surface area contributed by atoms with Crippen molar-refractivity contribution in [2.24, 2.45) is 7.05 Å². The second-order valence-corrected chi connectivity index (χ2v) is 6.01. The van der Waals surface area contributed by atoms with Crippen molar-refractivity contribution < 1.29 is 14.7 Å². The van der Waals surface area contributed by atoms with Crippen LogP contribution in [0.5, 0.6) is 0 Å². The Hall–Kier alpha value is -2.63. The lowest BCUT2D eigenvalue weighted by Gasteiger charge is -2.31. The summed E-state index contributed by atoms with van der Waals surface area (Å²) in [5.74, 6) is -1.73. The Morgan fingerprint density at radius 1 is 1.30 bits per heavy atom. The van der Waals surface area contributed by atoms with Crippen LogP contribution in [0.3, 0.4) is 0 Å². The number of hydrogen-bond donors (Lipinski definition) is 1. The first-order valence-electron chi connectivity index (χ1n) is 7.52. The van der Waals surface area contributed by atoms with Crippen LogP contribution in [0.15, 0.2) is 30.6 Å². The highest BCUT2D eigenvalue weighted by Gasteiger charge is 2.35. The van der Waals surface area contributed by atoms with Crippen molar-refractivity contribution in [3.05, 3.63) is 53.1 Å². The predicted octanol–water partition coefficient (Wildman–Crippen LogP) is 1.48. The number of carbonyl (C=O) groups is 2. The van der Waals surface area contributed by atoms with Gasteiger partial charge in [0.05, 0.1) is 30.7 Å². The number of fused-ring (bicyclic) bond motifs is 1. The van der Waals surface area contributed by atoms with Crippen molar-refractivity contribution in [1.82, 2.24) is 14.5 Å². The second-order valence-electron chi connectivity index (χ2n) is 6.01. The Morgan fingerprint density at radius 3 is 2.65 bits per heavy atom. The molecule has 0 spiro atoms. The van der Waals surface area contributed by atoms with Crippen LogP contribution in [-0.4, -0.2) is 38.0 Å². The summed E-state index contributed by atoms with van der Waals surface area (Å²) < 4.78 is 1.73. The van der Waals surface area contributed by atoms with Crippen LogP contribution >= 0.6 is 0 Å². The fraction of sp³-hybridized carbons (Fsp3) is 0.353. The molecule has 1 aromatic carbocycles. The SMILES string of the molecule is Cc1ccc(CC(=O)N2Cc3ncn(C)c3[C@@H](C(=O)O)C2)cc1. The molecule has 0 fully saturated rings. The number of amides is 1. The van der Waals surface area contributed by atoms with Crippen LogP contribution in [0.2, 0.25) is 0 Å². The summed E-state index contributed by atoms with van der Waals surface area (Å²) in [7, 11) is 1.78. The minimum absolute atomic E-state index is 0.0728. The molecule has 1 amide bonds. The molecule has 1 aliphatic heterocycles. The van der Waals surface area contributed by atoms with Crippen molar-refractivity contribution in [3.8, 4) is 0 Å². The van der Waals surface area contributed by atoms with Gasteiger partial charge in [-0.25, -0.2) is 4.98 Å². The van der Waals surface area contributed by atoms with Gasteiger partial charge in [0.1, 0.15) is 5.92 Å². The summed E-state index contributed by atoms with van der Waals surface area (Å²) in [6, 6.07) is 7.79. The molecule has 0 unspecified atom stereocenters. The second kappa shape index (κ2) is 5.87. The molecule has 1 aromatic heterocycles. The maximum Gasteiger partial charge on any atom is 0.314 e. The number of imidazole rings is 1. The van der Waals surface area contributed by atoms with Crippen molar-refractivity contribution >= 4 is 11.9 Å². The highest BCUT2D eigenvalue weighted by molar-refractivity contribution is 5.82. The van der Waals surface area contributed by atoms with Crippen LogP contribution in [-0.2, 0) is 29.6 Å². The van der Waals surface area contributed by atoms with E-state index >= 15 is 0 Å². The molecular formula is C17H19N3O3. The Bertz CT molecular complexity index is 749. The number of carboxylic acids is 1. The number of nitrogens with zero attached hydrogens (tertiary/aromatic N) is 3. The van der Waals surface area contributed by atoms with E-state index in [2.05, 4.69) is 4.98 Å². The number of benzene rings is 1. The third-order valence-electron chi connectivity index (χ3n) is 4.26. The van der Waals surface area contributed by atoms with E-state index in [9.17, 15) is 14.7 Å². The van der Waals surface area contributed by atoms with Gasteiger partial charge in [-0.2, -0.15) is 0 Å². The molecule has 0 aliphatic carbocycles. The first-order valence-corrected chi connectivity index (χ1v) is 7.52. The first kappa shape index (κ1) is 15.3. The molecular weight excluding hydrogens is 294 g/mol. The number of aromatic nitrogens is 2. The number of hydrogen-bond acceptors (Lipinski definition) is 3. The summed E-state index contributed by atoms with van der Waals surface area (Å²) >= 11 is 0. The zero-order valence-corrected chi connectivity index (χ0v) is 13.2. The Kier molecular flexibility index (Phi) is 3.90. The topological polar surface area (TPSA) is 75.4 Å². The molecule has 0 saturated carbocycles. The molecule has 0 saturated heterocycles. The normalized spacial score (nSPS) is 17.0. The average Bonchev–Trinajstić information content (AvgIpc) is 2.90. The molecule has 23 heavy (non-hydrogen) atoms. The average molecular weight is 313 g/mol. The van der Waals surface area contributed by atoms with Gasteiger partial charge < -0.3 is 14.6 Å². The lowest BCUT2D eigenvalue weighted by molar-refractivity contribution is -0.141. The van der Waals surface area contributed by atoms with Crippen molar-refractivity contribution in [1.29, 1.82) is 0 Å². The number of carbonyl (C=O) groups excluding carboxylic acids is 1. The third-order valence-corrected chi connectivity index (χ3v) is 4.26. The Morgan fingerprint density at radius 2 is 2.00 bits per heavy atom. The zero-order valence-electron chi connectivity index (χ0n) is 13.2. The quantitative estimate of drug-likeness (QED) is 0.931. The van der Waals surface area contributed by atoms with Crippen molar-refractivity contribution in [2.45, 2.75) is 25.8 Å². The fourth-order valence-corrected chi connectivity index (χ4v) is 2.99. The molecule has 1 aliphatic rings. The van der Waals surface area contributed by atoms with Crippen LogP contribution in [0.1, 0.15) is 28.4 Å². The van der Waals surface area contributed by atoms with E-state index in [-0.39, 0.29) is 18.9 Å². The van der Waals surface area contributed by atoms with Gasteiger partial charge in [-0.3, -0.25) is 9.59 Å². The van der Waals surface area contributed by atoms with Crippen LogP contribution in [0, 0.1) is 6.92 Å². The largest absolute Gasteiger partial charge is 0.481 e. The van der Waals surface area contributed by atoms with Crippen LogP contribution < -0.4 is 0 Å². The summed E-state index contributed by atoms with van der Waals surface area (Å²) in [6.45, 7) is 2.55. The van der Waals surface area contributed by atoms with E-state index < -0.39 is 11.9 Å². The Balaban J connectivity index is 1.80. The molecule has 1 N–H and O–H groups in total. The minimum Gasteiger partial charge on any atom is -0.481 e. The molecule has 6 nitrogen and oxygen atoms in total. The van der Waals surface area contributed by atoms with Gasteiger partial charge in [-0.15, -0.1) is 0 Å². The van der Waals surface area contributed by atoms with Gasteiger partial charge >= 0.3 is 5.97 Å². The number of rotatable bonds is 3. The molecule has 2 heterocycles. The molecule has 2 aromatic rings. The smallest absolute Gasteiger partial charge is 0.314 e. The fourth-order valence-electron chi connectivity index (χ4n) is 2.99. The van der Waals surface area contributed by atoms with Crippen LogP contribution in [0.25, 0.3) is 0 Å². The van der Waals surface area contributed by atoms with Gasteiger partial charge in [0.15, 0.2) is 0 Å². The zero-order chi connectivity index (χ0) is 16.6. The monoisotopic (exact) mass is 313 g/mol. The van der Waals surface area contributed by atoms with Crippen molar-refractivity contribution in [3.63, 3.8) is 0 Å². The molecule has 120 valence electrons. The molecule has 3 rings (SSSR count). The maximum atomic E-state index is 12.5. The lowest BCUT2D eigenvalue weighted by atomic mass is 9.97.